The summed E-state index contributed by atoms with van der Waals surface area (Å²) >= 11 is 5.53. The Hall–Kier alpha value is -1.48. The van der Waals surface area contributed by atoms with E-state index in [2.05, 4.69) is 6.92 Å². The maximum Gasteiger partial charge on any atom is 0.145 e. The Morgan fingerprint density at radius 3 is 2.21 bits per heavy atom. The van der Waals surface area contributed by atoms with Gasteiger partial charge in [0.15, 0.2) is 0 Å². The molecule has 0 bridgehead atoms. The first-order chi connectivity index (χ1) is 13.5. The van der Waals surface area contributed by atoms with Crippen LogP contribution in [0.15, 0.2) is 30.3 Å². The van der Waals surface area contributed by atoms with Crippen LogP contribution in [0.25, 0.3) is 11.1 Å². The molecule has 0 spiro atoms. The van der Waals surface area contributed by atoms with E-state index in [9.17, 15) is 13.2 Å². The summed E-state index contributed by atoms with van der Waals surface area (Å²) in [5, 5.41) is -0.560. The van der Waals surface area contributed by atoms with Gasteiger partial charge in [0, 0.05) is 5.56 Å². The van der Waals surface area contributed by atoms with Crippen LogP contribution in [0.1, 0.15) is 63.4 Å². The molecule has 2 aromatic carbocycles. The van der Waals surface area contributed by atoms with Crippen molar-refractivity contribution in [3.63, 3.8) is 0 Å². The maximum absolute atomic E-state index is 14.8. The molecule has 1 unspecified atom stereocenters. The van der Waals surface area contributed by atoms with Crippen LogP contribution in [0.2, 0.25) is 5.02 Å². The van der Waals surface area contributed by atoms with Crippen LogP contribution in [-0.4, -0.2) is 0 Å². The van der Waals surface area contributed by atoms with Gasteiger partial charge in [0.05, 0.1) is 0 Å². The Labute approximate surface area is 170 Å². The summed E-state index contributed by atoms with van der Waals surface area (Å²) in [4.78, 5) is 0. The summed E-state index contributed by atoms with van der Waals surface area (Å²) in [6, 6.07) is 7.29. The van der Waals surface area contributed by atoms with Crippen LogP contribution in [0, 0.1) is 35.2 Å². The molecule has 150 valence electrons. The lowest BCUT2D eigenvalue weighted by atomic mass is 9.63. The van der Waals surface area contributed by atoms with Crippen LogP contribution in [-0.2, 0) is 0 Å². The van der Waals surface area contributed by atoms with E-state index in [-0.39, 0.29) is 11.1 Å². The number of benzene rings is 2. The van der Waals surface area contributed by atoms with E-state index in [4.69, 9.17) is 11.6 Å². The predicted molar refractivity (Wildman–Crippen MR) is 108 cm³/mol. The van der Waals surface area contributed by atoms with Gasteiger partial charge in [-0.3, -0.25) is 0 Å². The molecule has 2 saturated carbocycles. The number of halogens is 4. The second kappa shape index (κ2) is 8.10. The molecular formula is C24H26ClF3. The van der Waals surface area contributed by atoms with E-state index in [1.54, 1.807) is 12.1 Å². The smallest absolute Gasteiger partial charge is 0.145 e. The normalized spacial score (nSPS) is 27.5. The molecule has 2 aliphatic rings. The monoisotopic (exact) mass is 406 g/mol. The first-order valence-electron chi connectivity index (χ1n) is 10.4. The molecule has 0 N–H and O–H groups in total. The Balaban J connectivity index is 1.53. The molecule has 4 rings (SSSR count). The highest BCUT2D eigenvalue weighted by molar-refractivity contribution is 6.31. The molecular weight excluding hydrogens is 381 g/mol. The molecule has 4 heteroatoms. The zero-order valence-corrected chi connectivity index (χ0v) is 16.9. The third kappa shape index (κ3) is 3.83. The quantitative estimate of drug-likeness (QED) is 0.451. The minimum Gasteiger partial charge on any atom is -0.206 e. The molecule has 0 amide bonds. The van der Waals surface area contributed by atoms with Gasteiger partial charge in [-0.2, -0.15) is 0 Å². The van der Waals surface area contributed by atoms with E-state index in [0.29, 0.717) is 5.92 Å². The van der Waals surface area contributed by atoms with Gasteiger partial charge >= 0.3 is 0 Å². The van der Waals surface area contributed by atoms with Gasteiger partial charge in [-0.05, 0) is 85.1 Å². The third-order valence-electron chi connectivity index (χ3n) is 7.06. The highest BCUT2D eigenvalue weighted by Gasteiger charge is 2.35. The number of rotatable bonds is 3. The molecule has 0 nitrogen and oxygen atoms in total. The van der Waals surface area contributed by atoms with E-state index >= 15 is 0 Å². The Bertz CT molecular complexity index is 840. The molecule has 2 fully saturated rings. The molecule has 0 radical (unpaired) electrons. The van der Waals surface area contributed by atoms with Gasteiger partial charge in [0.1, 0.15) is 22.5 Å². The lowest BCUT2D eigenvalue weighted by molar-refractivity contribution is 0.116. The molecule has 28 heavy (non-hydrogen) atoms. The molecule has 2 aliphatic carbocycles. The van der Waals surface area contributed by atoms with Crippen LogP contribution in [0.3, 0.4) is 0 Å². The van der Waals surface area contributed by atoms with Gasteiger partial charge in [-0.25, -0.2) is 13.2 Å². The van der Waals surface area contributed by atoms with Gasteiger partial charge < -0.3 is 0 Å². The molecule has 0 saturated heterocycles. The summed E-state index contributed by atoms with van der Waals surface area (Å²) < 4.78 is 42.3. The van der Waals surface area contributed by atoms with Crippen LogP contribution in [0.4, 0.5) is 13.2 Å². The highest BCUT2D eigenvalue weighted by Crippen LogP contribution is 2.48. The summed E-state index contributed by atoms with van der Waals surface area (Å²) in [5.41, 5.74) is 1.38. The van der Waals surface area contributed by atoms with Gasteiger partial charge in [-0.15, -0.1) is 0 Å². The number of hydrogen-bond donors (Lipinski definition) is 0. The first-order valence-corrected chi connectivity index (χ1v) is 10.8. The highest BCUT2D eigenvalue weighted by atomic mass is 35.5. The second-order valence-electron chi connectivity index (χ2n) is 8.61. The van der Waals surface area contributed by atoms with Crippen LogP contribution in [0.5, 0.6) is 0 Å². The third-order valence-corrected chi connectivity index (χ3v) is 7.42. The van der Waals surface area contributed by atoms with Crippen molar-refractivity contribution in [3.05, 3.63) is 58.4 Å². The standard InChI is InChI=1S/C24H26ClF3/c1-2-14-3-4-16-10-17(6-5-15(16)9-14)18-7-8-20(21(26)11-18)19-12-22(27)24(25)23(28)13-19/h7-8,11-17H,2-6,9-10H2,1H3/t14?,15-,16-,17-/m1/s1. The lowest BCUT2D eigenvalue weighted by Crippen LogP contribution is -2.30. The topological polar surface area (TPSA) is 0 Å². The van der Waals surface area contributed by atoms with Crippen LogP contribution >= 0.6 is 11.6 Å². The average Bonchev–Trinajstić information content (AvgIpc) is 2.70. The van der Waals surface area contributed by atoms with Crippen molar-refractivity contribution < 1.29 is 13.2 Å². The summed E-state index contributed by atoms with van der Waals surface area (Å²) in [7, 11) is 0. The van der Waals surface area contributed by atoms with E-state index in [1.165, 1.54) is 32.1 Å². The minimum atomic E-state index is -0.874. The molecule has 4 atom stereocenters. The minimum absolute atomic E-state index is 0.171. The zero-order valence-electron chi connectivity index (χ0n) is 16.2. The van der Waals surface area contributed by atoms with Crippen molar-refractivity contribution in [1.82, 2.24) is 0 Å². The SMILES string of the molecule is CCC1CC[C@@H]2C[C@H](c3ccc(-c4cc(F)c(Cl)c(F)c4)c(F)c3)CC[C@@H]2C1. The van der Waals surface area contributed by atoms with Crippen molar-refractivity contribution in [3.8, 4) is 11.1 Å². The average molecular weight is 407 g/mol. The number of hydrogen-bond acceptors (Lipinski definition) is 0. The summed E-state index contributed by atoms with van der Waals surface area (Å²) in [6.07, 6.45) is 8.71. The second-order valence-corrected chi connectivity index (χ2v) is 8.99. The Kier molecular flexibility index (Phi) is 5.73. The number of fused-ring (bicyclic) bond motifs is 1. The summed E-state index contributed by atoms with van der Waals surface area (Å²) in [5.74, 6) is 0.664. The fraction of sp³-hybridized carbons (Fsp3) is 0.500. The van der Waals surface area contributed by atoms with Gasteiger partial charge in [0.2, 0.25) is 0 Å². The predicted octanol–water partition coefficient (Wildman–Crippen LogP) is 8.13. The van der Waals surface area contributed by atoms with Crippen molar-refractivity contribution in [1.29, 1.82) is 0 Å². The van der Waals surface area contributed by atoms with Crippen molar-refractivity contribution in [2.75, 3.05) is 0 Å². The molecule has 0 heterocycles. The van der Waals surface area contributed by atoms with E-state index < -0.39 is 22.5 Å². The van der Waals surface area contributed by atoms with Crippen molar-refractivity contribution in [2.45, 2.75) is 57.8 Å². The maximum atomic E-state index is 14.8. The summed E-state index contributed by atoms with van der Waals surface area (Å²) in [6.45, 7) is 2.29. The lowest BCUT2D eigenvalue weighted by Gasteiger charge is -2.42. The van der Waals surface area contributed by atoms with Crippen LogP contribution < -0.4 is 0 Å². The largest absolute Gasteiger partial charge is 0.206 e. The van der Waals surface area contributed by atoms with E-state index in [0.717, 1.165) is 48.3 Å². The fourth-order valence-electron chi connectivity index (χ4n) is 5.39. The van der Waals surface area contributed by atoms with Crippen molar-refractivity contribution in [2.24, 2.45) is 17.8 Å². The fourth-order valence-corrected chi connectivity index (χ4v) is 5.50. The van der Waals surface area contributed by atoms with Gasteiger partial charge in [-0.1, -0.05) is 43.5 Å². The van der Waals surface area contributed by atoms with Gasteiger partial charge in [0.25, 0.3) is 0 Å². The molecule has 0 aliphatic heterocycles. The van der Waals surface area contributed by atoms with E-state index in [1.807, 2.05) is 6.07 Å². The Morgan fingerprint density at radius 1 is 0.857 bits per heavy atom. The van der Waals surface area contributed by atoms with Crippen molar-refractivity contribution >= 4 is 11.6 Å². The Morgan fingerprint density at radius 2 is 1.54 bits per heavy atom. The zero-order chi connectivity index (χ0) is 19.8. The first kappa shape index (κ1) is 19.8. The molecule has 0 aromatic heterocycles. The molecule has 2 aromatic rings.